The Kier molecular flexibility index (Phi) is 35.4. The molecule has 0 radical (unpaired) electrons. The number of alkyl halides is 6. The van der Waals surface area contributed by atoms with Crippen LogP contribution in [0.2, 0.25) is 0 Å². The summed E-state index contributed by atoms with van der Waals surface area (Å²) in [7, 11) is 0. The van der Waals surface area contributed by atoms with Crippen LogP contribution >= 0.6 is 0 Å². The number of hydrogen-bond donors (Lipinski definition) is 12. The molecule has 10 unspecified atom stereocenters. The van der Waals surface area contributed by atoms with Gasteiger partial charge in [-0.25, -0.2) is 65.9 Å². The first kappa shape index (κ1) is 112. The number of benzene rings is 8. The van der Waals surface area contributed by atoms with Gasteiger partial charge in [0.1, 0.15) is 76.9 Å². The number of aliphatic hydroxyl groups is 4. The predicted molar refractivity (Wildman–Crippen MR) is 564 cm³/mol. The van der Waals surface area contributed by atoms with Gasteiger partial charge < -0.3 is 61.6 Å². The average Bonchev–Trinajstić information content (AvgIpc) is 1.57. The lowest BCUT2D eigenvalue weighted by atomic mass is 9.87. The second kappa shape index (κ2) is 47.3. The number of unbranched alkanes of at least 4 members (excludes halogenated alkanes) is 4. The number of nitrogens with zero attached hydrogens (tertiary/aromatic N) is 8. The van der Waals surface area contributed by atoms with Crippen LogP contribution in [0.3, 0.4) is 0 Å². The van der Waals surface area contributed by atoms with E-state index in [9.17, 15) is 55.5 Å². The molecule has 0 saturated carbocycles. The first-order valence-corrected chi connectivity index (χ1v) is 52.8. The van der Waals surface area contributed by atoms with E-state index >= 15 is 30.7 Å². The molecule has 4 aromatic heterocycles. The number of anilines is 4. The lowest BCUT2D eigenvalue weighted by molar-refractivity contribution is -0.0869. The minimum absolute atomic E-state index is 0. The normalized spacial score (nSPS) is 21.7. The van der Waals surface area contributed by atoms with Gasteiger partial charge in [0.05, 0.1) is 74.6 Å². The maximum atomic E-state index is 15.8. The van der Waals surface area contributed by atoms with Crippen molar-refractivity contribution < 1.29 is 86.3 Å². The van der Waals surface area contributed by atoms with Gasteiger partial charge >= 0.3 is 0 Å². The van der Waals surface area contributed by atoms with Crippen LogP contribution in [0.15, 0.2) is 140 Å². The summed E-state index contributed by atoms with van der Waals surface area (Å²) in [4.78, 5) is 29.1. The monoisotopic (exact) mass is 2100 g/mol. The number of fused-ring (bicyclic) bond motifs is 12. The lowest BCUT2D eigenvalue weighted by Gasteiger charge is -2.43. The average molecular weight is 2100 g/mol. The highest BCUT2D eigenvalue weighted by Gasteiger charge is 2.49. The van der Waals surface area contributed by atoms with E-state index < -0.39 is 139 Å². The molecule has 8 aliphatic heterocycles. The summed E-state index contributed by atoms with van der Waals surface area (Å²) in [6.07, 6.45) is 10.9. The maximum Gasteiger partial charge on any atom is 0.283 e. The van der Waals surface area contributed by atoms with Gasteiger partial charge in [0.25, 0.3) is 11.8 Å². The van der Waals surface area contributed by atoms with E-state index in [1.807, 2.05) is 6.92 Å². The van der Waals surface area contributed by atoms with Crippen LogP contribution < -0.4 is 21.3 Å². The molecular formula is C115H145F15N16O4. The smallest absolute Gasteiger partial charge is 0.283 e. The molecule has 0 bridgehead atoms. The molecule has 4 saturated heterocycles. The third kappa shape index (κ3) is 24.8. The van der Waals surface area contributed by atoms with Crippen molar-refractivity contribution in [3.05, 3.63) is 259 Å². The topological polar surface area (TPSA) is 218 Å². The Balaban J connectivity index is 0.000000142. The standard InChI is InChI=1S/C29H36F4N4O.C29H38F2N4O.C28H33F5N4O.C28H34F4N4O.CH4/c1-4-5-9-36-13-19(14-36)34-18-11-22(31)26(23(32)12-18)28-27-20(25-21(30)7-6-8-24(25)35-27)10-17(2)37(28)15-29(3,33)16-38;1-4-5-12-34-15-23(16-34)32-22-9-6-20(7-10-22)28-27-25(24-14-21(30)8-11-26(24)33-27)13-19(2)35(28)17-29(3,31)18-36;1-3-4-7-36-12-19(13-36)34-18-10-22(30)25(23(31)11-18)27-26-21(20-9-17(29)5-6-24(20)35-26)8-16(2)37(27)14-28(32,33)15-38;1-3-4-9-35-13-20(14-35)33-19-6-7-21(24(30)12-19)27-26-23(22-11-18(29)5-8-25(22)34-26)10-17(2)36(27)15-28(31,32)16-37;/h6-8,11-12,17,19,28,34-35,38H,4-5,9-10,13-16H2,1-3H3;6-11,14,19,23,28,32-33,36H,4-5,12-13,15-18H2,1-3H3;5-6,9-11,16,19,27,34-35,38H,3-4,7-8,12-15H2,1-2H3;5-8,11-12,17,20,27,33-34,37H,3-4,9-10,13-16H2,1-2H3;1H4. The van der Waals surface area contributed by atoms with Crippen molar-refractivity contribution in [2.45, 2.75) is 249 Å². The zero-order valence-corrected chi connectivity index (χ0v) is 86.4. The van der Waals surface area contributed by atoms with Gasteiger partial charge in [0, 0.05) is 195 Å². The Labute approximate surface area is 868 Å². The Hall–Kier alpha value is -10.4. The molecule has 814 valence electrons. The Morgan fingerprint density at radius 2 is 0.640 bits per heavy atom. The molecule has 8 aliphatic rings. The summed E-state index contributed by atoms with van der Waals surface area (Å²) in [6, 6.07) is 32.6. The van der Waals surface area contributed by atoms with Crippen molar-refractivity contribution in [2.75, 3.05) is 152 Å². The minimum atomic E-state index is -3.48. The second-order valence-corrected chi connectivity index (χ2v) is 43.4. The zero-order chi connectivity index (χ0) is 106. The number of aliphatic hydroxyl groups excluding tert-OH is 4. The van der Waals surface area contributed by atoms with Gasteiger partial charge in [-0.05, 0) is 262 Å². The summed E-state index contributed by atoms with van der Waals surface area (Å²) in [5, 5.41) is 53.7. The van der Waals surface area contributed by atoms with E-state index in [4.69, 9.17) is 0 Å². The second-order valence-electron chi connectivity index (χ2n) is 43.4. The van der Waals surface area contributed by atoms with Crippen molar-refractivity contribution in [3.63, 3.8) is 0 Å². The molecular weight excluding hydrogens is 1950 g/mol. The summed E-state index contributed by atoms with van der Waals surface area (Å²) in [6.45, 7) is 24.4. The van der Waals surface area contributed by atoms with Crippen molar-refractivity contribution in [1.29, 1.82) is 0 Å². The highest BCUT2D eigenvalue weighted by atomic mass is 19.3. The molecule has 12 N–H and O–H groups in total. The van der Waals surface area contributed by atoms with Gasteiger partial charge in [0.15, 0.2) is 0 Å². The molecule has 4 fully saturated rings. The van der Waals surface area contributed by atoms with E-state index in [1.165, 1.54) is 116 Å². The van der Waals surface area contributed by atoms with Crippen molar-refractivity contribution in [2.24, 2.45) is 0 Å². The Morgan fingerprint density at radius 1 is 0.327 bits per heavy atom. The molecule has 20 rings (SSSR count). The summed E-state index contributed by atoms with van der Waals surface area (Å²) < 4.78 is 224. The highest BCUT2D eigenvalue weighted by Crippen LogP contribution is 2.51. The van der Waals surface area contributed by atoms with Crippen LogP contribution in [0.25, 0.3) is 43.6 Å². The molecule has 150 heavy (non-hydrogen) atoms. The number of aromatic nitrogens is 4. The largest absolute Gasteiger partial charge is 0.393 e. The maximum absolute atomic E-state index is 15.8. The fourth-order valence-corrected chi connectivity index (χ4v) is 23.2. The quantitative estimate of drug-likeness (QED) is 0.0164. The molecule has 12 aromatic rings. The van der Waals surface area contributed by atoms with Crippen molar-refractivity contribution >= 4 is 66.4 Å². The van der Waals surface area contributed by atoms with Crippen LogP contribution in [0.1, 0.15) is 219 Å². The number of H-pyrrole nitrogens is 4. The summed E-state index contributed by atoms with van der Waals surface area (Å²) >= 11 is 0. The van der Waals surface area contributed by atoms with Crippen LogP contribution in [-0.4, -0.2) is 282 Å². The van der Waals surface area contributed by atoms with Crippen LogP contribution in [0.5, 0.6) is 0 Å². The van der Waals surface area contributed by atoms with Gasteiger partial charge in [-0.1, -0.05) is 85.1 Å². The zero-order valence-electron chi connectivity index (χ0n) is 86.4. The van der Waals surface area contributed by atoms with Crippen LogP contribution in [-0.2, 0) is 25.7 Å². The molecule has 0 aliphatic carbocycles. The molecule has 20 nitrogen and oxygen atoms in total. The fraction of sp³-hybridized carbons (Fsp3) is 0.513. The number of nitrogens with one attached hydrogen (secondary N) is 8. The number of rotatable bonds is 36. The van der Waals surface area contributed by atoms with E-state index in [2.05, 4.69) is 125 Å². The number of halogens is 15. The van der Waals surface area contributed by atoms with Gasteiger partial charge in [-0.3, -0.25) is 39.2 Å². The molecule has 35 heteroatoms. The van der Waals surface area contributed by atoms with E-state index in [0.29, 0.717) is 103 Å². The SMILES string of the molecule is C.CCCCN1CC(Nc2cc(F)c(C3c4[nH]c5ccc(F)cc5c4CC(C)N3CC(F)(F)CO)c(F)c2)C1.CCCCN1CC(Nc2cc(F)c(C3c4[nH]c5cccc(F)c5c4CC(C)N3CC(C)(F)CO)c(F)c2)C1.CCCCN1CC(Nc2ccc(C3c4[nH]c5ccc(F)cc5c4CC(C)N3CC(C)(F)CO)cc2)C1.CCCCN1CC(Nc2ccc(C3c4[nH]c5ccc(F)cc5c4CC(C)N3CC(F)(F)CO)c(F)c2)C1. The fourth-order valence-electron chi connectivity index (χ4n) is 23.2. The molecule has 8 aromatic carbocycles. The summed E-state index contributed by atoms with van der Waals surface area (Å²) in [5.41, 5.74) is 7.56. The first-order chi connectivity index (χ1) is 71.2. The third-order valence-corrected chi connectivity index (χ3v) is 31.1. The molecule has 12 heterocycles. The minimum Gasteiger partial charge on any atom is -0.393 e. The molecule has 0 amide bonds. The van der Waals surface area contributed by atoms with Gasteiger partial charge in [-0.15, -0.1) is 0 Å². The summed E-state index contributed by atoms with van der Waals surface area (Å²) in [5.74, 6) is -12.1. The highest BCUT2D eigenvalue weighted by molar-refractivity contribution is 5.89. The first-order valence-electron chi connectivity index (χ1n) is 52.8. The van der Waals surface area contributed by atoms with Gasteiger partial charge in [-0.2, -0.15) is 0 Å². The number of likely N-dealkylation sites (tertiary alicyclic amines) is 4. The predicted octanol–water partition coefficient (Wildman–Crippen LogP) is 22.2. The third-order valence-electron chi connectivity index (χ3n) is 31.1. The molecule has 10 atom stereocenters. The van der Waals surface area contributed by atoms with Crippen LogP contribution in [0.4, 0.5) is 88.6 Å². The van der Waals surface area contributed by atoms with Gasteiger partial charge in [0.2, 0.25) is 0 Å². The van der Waals surface area contributed by atoms with Crippen molar-refractivity contribution in [3.8, 4) is 0 Å². The van der Waals surface area contributed by atoms with E-state index in [1.54, 1.807) is 61.2 Å². The molecule has 0 spiro atoms. The number of hydrogen-bond acceptors (Lipinski definition) is 16. The number of aromatic amines is 4. The van der Waals surface area contributed by atoms with Crippen LogP contribution in [0, 0.1) is 52.4 Å². The van der Waals surface area contributed by atoms with Crippen molar-refractivity contribution in [1.82, 2.24) is 59.1 Å². The lowest BCUT2D eigenvalue weighted by Crippen LogP contribution is -2.54. The van der Waals surface area contributed by atoms with E-state index in [-0.39, 0.29) is 85.7 Å². The Bertz CT molecular complexity index is 6570. The van der Waals surface area contributed by atoms with E-state index in [0.717, 1.165) is 149 Å². The Morgan fingerprint density at radius 3 is 1.01 bits per heavy atom.